The smallest absolute Gasteiger partial charge is 0.262 e. The molecule has 114 valence electrons. The van der Waals surface area contributed by atoms with Crippen LogP contribution in [0.25, 0.3) is 0 Å². The lowest BCUT2D eigenvalue weighted by atomic mass is 10.0. The maximum Gasteiger partial charge on any atom is 0.262 e. The fourth-order valence-electron chi connectivity index (χ4n) is 2.62. The highest BCUT2D eigenvalue weighted by Gasteiger charge is 2.33. The molecular weight excluding hydrogens is 280 g/mol. The maximum absolute atomic E-state index is 12.7. The predicted octanol–water partition coefficient (Wildman–Crippen LogP) is 0.224. The molecule has 3 N–H and O–H groups in total. The van der Waals surface area contributed by atoms with E-state index >= 15 is 0 Å². The molecule has 1 aliphatic rings. The molecule has 0 bridgehead atoms. The number of H-pyrrole nitrogens is 1. The fourth-order valence-corrected chi connectivity index (χ4v) is 4.35. The van der Waals surface area contributed by atoms with Gasteiger partial charge in [0.25, 0.3) is 10.0 Å². The Hall–Kier alpha value is -0.960. The van der Waals surface area contributed by atoms with Crippen LogP contribution >= 0.6 is 0 Å². The maximum atomic E-state index is 12.7. The van der Waals surface area contributed by atoms with Crippen LogP contribution in [0.5, 0.6) is 0 Å². The van der Waals surface area contributed by atoms with Crippen LogP contribution in [0.2, 0.25) is 0 Å². The summed E-state index contributed by atoms with van der Waals surface area (Å²) >= 11 is 0. The minimum absolute atomic E-state index is 0.0653. The summed E-state index contributed by atoms with van der Waals surface area (Å²) in [4.78, 5) is 0. The van der Waals surface area contributed by atoms with Gasteiger partial charge in [-0.1, -0.05) is 0 Å². The molecule has 7 nitrogen and oxygen atoms in total. The van der Waals surface area contributed by atoms with Crippen LogP contribution in [-0.4, -0.2) is 49.7 Å². The highest BCUT2D eigenvalue weighted by atomic mass is 32.2. The summed E-state index contributed by atoms with van der Waals surface area (Å²) in [6, 6.07) is 0. The third kappa shape index (κ3) is 2.88. The molecule has 0 radical (unpaired) electrons. The summed E-state index contributed by atoms with van der Waals surface area (Å²) in [6.45, 7) is 3.52. The number of hydrogen-bond donors (Lipinski definition) is 2. The largest absolute Gasteiger partial charge is 0.384 e. The lowest BCUT2D eigenvalue weighted by molar-refractivity contribution is 0.118. The van der Waals surface area contributed by atoms with Crippen LogP contribution in [-0.2, 0) is 21.3 Å². The number of nitrogens with one attached hydrogen (secondary N) is 1. The van der Waals surface area contributed by atoms with Crippen LogP contribution in [0.3, 0.4) is 0 Å². The van der Waals surface area contributed by atoms with Crippen molar-refractivity contribution in [3.63, 3.8) is 0 Å². The van der Waals surface area contributed by atoms with E-state index in [1.807, 2.05) is 0 Å². The van der Waals surface area contributed by atoms with Crippen LogP contribution < -0.4 is 5.73 Å². The standard InChI is InChI=1S/C12H22N4O3S/c1-9-11(6-13)12(15-14-9)20(17,18)16-5-3-4-10(7-16)8-19-2/h10H,3-8,13H2,1-2H3,(H,14,15). The van der Waals surface area contributed by atoms with Crippen molar-refractivity contribution >= 4 is 10.0 Å². The number of piperidine rings is 1. The molecular formula is C12H22N4O3S. The van der Waals surface area contributed by atoms with E-state index in [-0.39, 0.29) is 17.5 Å². The molecule has 0 aromatic carbocycles. The Balaban J connectivity index is 2.25. The number of aromatic amines is 1. The van der Waals surface area contributed by atoms with E-state index in [1.54, 1.807) is 14.0 Å². The Labute approximate surface area is 119 Å². The van der Waals surface area contributed by atoms with Crippen LogP contribution in [0.15, 0.2) is 5.03 Å². The van der Waals surface area contributed by atoms with Crippen molar-refractivity contribution in [2.24, 2.45) is 11.7 Å². The van der Waals surface area contributed by atoms with Crippen molar-refractivity contribution in [3.8, 4) is 0 Å². The molecule has 1 atom stereocenters. The van der Waals surface area contributed by atoms with Crippen molar-refractivity contribution in [1.82, 2.24) is 14.5 Å². The average Bonchev–Trinajstić information content (AvgIpc) is 2.81. The van der Waals surface area contributed by atoms with Crippen molar-refractivity contribution in [2.75, 3.05) is 26.8 Å². The lowest BCUT2D eigenvalue weighted by Gasteiger charge is -2.31. The van der Waals surface area contributed by atoms with Gasteiger partial charge in [0, 0.05) is 38.0 Å². The zero-order valence-electron chi connectivity index (χ0n) is 11.9. The number of methoxy groups -OCH3 is 1. The SMILES string of the molecule is COCC1CCCN(S(=O)(=O)c2n[nH]c(C)c2CN)C1. The van der Waals surface area contributed by atoms with E-state index in [4.69, 9.17) is 10.5 Å². The summed E-state index contributed by atoms with van der Waals surface area (Å²) in [7, 11) is -1.94. The van der Waals surface area contributed by atoms with Gasteiger partial charge in [-0.25, -0.2) is 8.42 Å². The summed E-state index contributed by atoms with van der Waals surface area (Å²) < 4.78 is 32.0. The van der Waals surface area contributed by atoms with Gasteiger partial charge < -0.3 is 10.5 Å². The Bertz CT molecular complexity index is 553. The minimum Gasteiger partial charge on any atom is -0.384 e. The number of nitrogens with two attached hydrogens (primary N) is 1. The normalized spacial score (nSPS) is 21.2. The van der Waals surface area contributed by atoms with Crippen LogP contribution in [0.1, 0.15) is 24.1 Å². The molecule has 0 aliphatic carbocycles. The first-order chi connectivity index (χ1) is 9.50. The highest BCUT2D eigenvalue weighted by molar-refractivity contribution is 7.89. The van der Waals surface area contributed by atoms with Crippen molar-refractivity contribution < 1.29 is 13.2 Å². The molecule has 0 spiro atoms. The lowest BCUT2D eigenvalue weighted by Crippen LogP contribution is -2.41. The summed E-state index contributed by atoms with van der Waals surface area (Å²) in [5, 5.41) is 6.71. The second kappa shape index (κ2) is 6.21. The molecule has 1 fully saturated rings. The quantitative estimate of drug-likeness (QED) is 0.810. The van der Waals surface area contributed by atoms with E-state index in [0.29, 0.717) is 31.0 Å². The fraction of sp³-hybridized carbons (Fsp3) is 0.750. The van der Waals surface area contributed by atoms with Gasteiger partial charge in [-0.05, 0) is 25.7 Å². The molecule has 2 rings (SSSR count). The zero-order valence-corrected chi connectivity index (χ0v) is 12.7. The number of nitrogens with zero attached hydrogens (tertiary/aromatic N) is 2. The molecule has 8 heteroatoms. The van der Waals surface area contributed by atoms with Crippen molar-refractivity contribution in [3.05, 3.63) is 11.3 Å². The number of aromatic nitrogens is 2. The van der Waals surface area contributed by atoms with Gasteiger partial charge in [0.15, 0.2) is 5.03 Å². The second-order valence-corrected chi connectivity index (χ2v) is 7.02. The van der Waals surface area contributed by atoms with E-state index in [0.717, 1.165) is 12.8 Å². The molecule has 2 heterocycles. The van der Waals surface area contributed by atoms with Crippen LogP contribution in [0.4, 0.5) is 0 Å². The first kappa shape index (κ1) is 15.4. The summed E-state index contributed by atoms with van der Waals surface area (Å²) in [5.74, 6) is 0.241. The van der Waals surface area contributed by atoms with E-state index in [9.17, 15) is 8.42 Å². The van der Waals surface area contributed by atoms with Gasteiger partial charge in [-0.2, -0.15) is 9.40 Å². The number of ether oxygens (including phenoxy) is 1. The number of sulfonamides is 1. The van der Waals surface area contributed by atoms with Gasteiger partial charge in [-0.3, -0.25) is 5.10 Å². The molecule has 1 unspecified atom stereocenters. The third-order valence-corrected chi connectivity index (χ3v) is 5.55. The molecule has 1 saturated heterocycles. The monoisotopic (exact) mass is 302 g/mol. The summed E-state index contributed by atoms with van der Waals surface area (Å²) in [6.07, 6.45) is 1.83. The Kier molecular flexibility index (Phi) is 4.79. The minimum atomic E-state index is -3.58. The second-order valence-electron chi connectivity index (χ2n) is 5.16. The van der Waals surface area contributed by atoms with Crippen molar-refractivity contribution in [2.45, 2.75) is 31.3 Å². The van der Waals surface area contributed by atoms with E-state index < -0.39 is 10.0 Å². The molecule has 1 aliphatic heterocycles. The van der Waals surface area contributed by atoms with Gasteiger partial charge in [0.2, 0.25) is 0 Å². The molecule has 1 aromatic heterocycles. The third-order valence-electron chi connectivity index (χ3n) is 3.71. The zero-order chi connectivity index (χ0) is 14.8. The predicted molar refractivity (Wildman–Crippen MR) is 74.6 cm³/mol. The van der Waals surface area contributed by atoms with Gasteiger partial charge in [-0.15, -0.1) is 0 Å². The first-order valence-corrected chi connectivity index (χ1v) is 8.17. The van der Waals surface area contributed by atoms with E-state index in [1.165, 1.54) is 4.31 Å². The van der Waals surface area contributed by atoms with Gasteiger partial charge in [0.1, 0.15) is 0 Å². The summed E-state index contributed by atoms with van der Waals surface area (Å²) in [5.41, 5.74) is 6.91. The highest BCUT2D eigenvalue weighted by Crippen LogP contribution is 2.25. The van der Waals surface area contributed by atoms with Gasteiger partial charge in [0.05, 0.1) is 6.61 Å². The molecule has 20 heavy (non-hydrogen) atoms. The Morgan fingerprint density at radius 2 is 2.30 bits per heavy atom. The van der Waals surface area contributed by atoms with Crippen molar-refractivity contribution in [1.29, 1.82) is 0 Å². The topological polar surface area (TPSA) is 101 Å². The Morgan fingerprint density at radius 1 is 1.55 bits per heavy atom. The first-order valence-electron chi connectivity index (χ1n) is 6.73. The number of aryl methyl sites for hydroxylation is 1. The van der Waals surface area contributed by atoms with Gasteiger partial charge >= 0.3 is 0 Å². The van der Waals surface area contributed by atoms with Crippen LogP contribution in [0, 0.1) is 12.8 Å². The Morgan fingerprint density at radius 3 is 2.95 bits per heavy atom. The van der Waals surface area contributed by atoms with E-state index in [2.05, 4.69) is 10.2 Å². The average molecular weight is 302 g/mol. The molecule has 0 saturated carbocycles. The molecule has 1 aromatic rings. The number of hydrogen-bond acceptors (Lipinski definition) is 5. The molecule has 0 amide bonds. The number of rotatable bonds is 5.